The van der Waals surface area contributed by atoms with Crippen LogP contribution in [0.2, 0.25) is 0 Å². The van der Waals surface area contributed by atoms with Gasteiger partial charge in [-0.3, -0.25) is 4.79 Å². The summed E-state index contributed by atoms with van der Waals surface area (Å²) in [5.74, 6) is 0.219. The summed E-state index contributed by atoms with van der Waals surface area (Å²) in [5.41, 5.74) is 0.579. The van der Waals surface area contributed by atoms with Crippen molar-refractivity contribution < 1.29 is 54.4 Å². The molecule has 2 heterocycles. The molecule has 0 unspecified atom stereocenters. The van der Waals surface area contributed by atoms with E-state index < -0.39 is 66.7 Å². The van der Waals surface area contributed by atoms with Crippen molar-refractivity contribution in [3.05, 3.63) is 11.6 Å². The first-order valence-electron chi connectivity index (χ1n) is 20.1. The molecule has 4 saturated carbocycles. The summed E-state index contributed by atoms with van der Waals surface area (Å²) in [7, 11) is 0. The summed E-state index contributed by atoms with van der Waals surface area (Å²) < 4.78 is 24.5. The van der Waals surface area contributed by atoms with Crippen LogP contribution in [0.25, 0.3) is 0 Å². The summed E-state index contributed by atoms with van der Waals surface area (Å²) in [4.78, 5) is 13.0. The number of hydrogen-bond donors (Lipinski definition) is 6. The third kappa shape index (κ3) is 5.64. The molecule has 0 bridgehead atoms. The summed E-state index contributed by atoms with van der Waals surface area (Å²) in [6.07, 6.45) is -0.253. The molecule has 5 aliphatic carbocycles. The van der Waals surface area contributed by atoms with Crippen molar-refractivity contribution in [2.45, 2.75) is 181 Å². The molecule has 6 N–H and O–H groups in total. The third-order valence-corrected chi connectivity index (χ3v) is 16.8. The first kappa shape index (κ1) is 39.1. The van der Waals surface area contributed by atoms with E-state index in [0.29, 0.717) is 11.8 Å². The molecule has 296 valence electrons. The zero-order chi connectivity index (χ0) is 38.0. The van der Waals surface area contributed by atoms with E-state index in [4.69, 9.17) is 18.9 Å². The lowest BCUT2D eigenvalue weighted by Gasteiger charge is -2.71. The van der Waals surface area contributed by atoms with Gasteiger partial charge in [-0.1, -0.05) is 60.1 Å². The molecule has 11 heteroatoms. The first-order valence-corrected chi connectivity index (χ1v) is 20.1. The number of carboxylic acid groups (broad SMARTS) is 1. The number of aliphatic hydroxyl groups excluding tert-OH is 5. The Balaban J connectivity index is 1.13. The molecule has 11 nitrogen and oxygen atoms in total. The highest BCUT2D eigenvalue weighted by atomic mass is 16.8. The second-order valence-corrected chi connectivity index (χ2v) is 20.2. The van der Waals surface area contributed by atoms with Gasteiger partial charge in [0.1, 0.15) is 36.6 Å². The monoisotopic (exact) mass is 734 g/mol. The standard InChI is InChI=1S/C41H66O11/c1-21-28(43)30(45)31(46)33(50-21)52-32-29(44)24(42)20-49-34(32)51-27-12-13-38(6)25(37(27,4)5)11-14-40(8)26(38)10-9-22-23-19-36(2,3)15-17-41(23,35(47)48)18-16-39(22,40)7/h9,21,23-34,42-46H,10-20H2,1-8H3,(H,47,48)/t21-,23-,24-,25-,26+,27-,28-,29-,30+,31+,32+,33+,34-,38+,39+,40-,41+/m0/s1. The Kier molecular flexibility index (Phi) is 9.74. The minimum atomic E-state index is -1.58. The number of hydrogen-bond acceptors (Lipinski definition) is 10. The van der Waals surface area contributed by atoms with Crippen LogP contribution < -0.4 is 0 Å². The molecule has 0 aromatic carbocycles. The van der Waals surface area contributed by atoms with Gasteiger partial charge in [0.15, 0.2) is 12.6 Å². The van der Waals surface area contributed by atoms with E-state index in [1.54, 1.807) is 6.92 Å². The zero-order valence-corrected chi connectivity index (χ0v) is 32.6. The van der Waals surface area contributed by atoms with Crippen LogP contribution in [0.15, 0.2) is 11.6 Å². The van der Waals surface area contributed by atoms with Crippen LogP contribution in [-0.4, -0.2) is 105 Å². The summed E-state index contributed by atoms with van der Waals surface area (Å²) in [5, 5.41) is 63.6. The molecule has 52 heavy (non-hydrogen) atoms. The molecule has 7 rings (SSSR count). The zero-order valence-electron chi connectivity index (χ0n) is 32.6. The van der Waals surface area contributed by atoms with E-state index in [1.807, 2.05) is 0 Å². The predicted molar refractivity (Wildman–Crippen MR) is 191 cm³/mol. The number of aliphatic hydroxyl groups is 5. The van der Waals surface area contributed by atoms with Crippen molar-refractivity contribution in [1.29, 1.82) is 0 Å². The van der Waals surface area contributed by atoms with Crippen LogP contribution in [0, 0.1) is 50.2 Å². The molecule has 17 atom stereocenters. The van der Waals surface area contributed by atoms with E-state index >= 15 is 0 Å². The molecular weight excluding hydrogens is 668 g/mol. The van der Waals surface area contributed by atoms with Crippen LogP contribution in [0.1, 0.15) is 120 Å². The second kappa shape index (κ2) is 12.9. The highest BCUT2D eigenvalue weighted by Gasteiger charge is 2.69. The van der Waals surface area contributed by atoms with Crippen molar-refractivity contribution in [2.24, 2.45) is 50.2 Å². The Morgan fingerprint density at radius 3 is 2.17 bits per heavy atom. The molecule has 0 aromatic rings. The number of carboxylic acids is 1. The van der Waals surface area contributed by atoms with E-state index in [2.05, 4.69) is 54.5 Å². The lowest BCUT2D eigenvalue weighted by Crippen LogP contribution is -2.66. The fraction of sp³-hybridized carbons (Fsp3) is 0.927. The van der Waals surface area contributed by atoms with Gasteiger partial charge in [0.05, 0.1) is 24.2 Å². The van der Waals surface area contributed by atoms with Gasteiger partial charge < -0.3 is 49.6 Å². The second-order valence-electron chi connectivity index (χ2n) is 20.2. The lowest BCUT2D eigenvalue weighted by atomic mass is 9.33. The summed E-state index contributed by atoms with van der Waals surface area (Å²) in [6, 6.07) is 0. The maximum absolute atomic E-state index is 13.0. The van der Waals surface area contributed by atoms with Gasteiger partial charge in [-0.25, -0.2) is 0 Å². The number of rotatable bonds is 5. The molecule has 2 aliphatic heterocycles. The largest absolute Gasteiger partial charge is 0.481 e. The highest BCUT2D eigenvalue weighted by molar-refractivity contribution is 5.76. The number of allylic oxidation sites excluding steroid dienone is 2. The number of carbonyl (C=O) groups is 1. The van der Waals surface area contributed by atoms with Crippen LogP contribution in [0.3, 0.4) is 0 Å². The average molecular weight is 735 g/mol. The van der Waals surface area contributed by atoms with Gasteiger partial charge in [-0.2, -0.15) is 0 Å². The third-order valence-electron chi connectivity index (χ3n) is 16.8. The minimum absolute atomic E-state index is 0.0146. The Labute approximate surface area is 309 Å². The van der Waals surface area contributed by atoms with Crippen molar-refractivity contribution in [3.8, 4) is 0 Å². The normalized spacial score (nSPS) is 54.1. The van der Waals surface area contributed by atoms with Crippen LogP contribution >= 0.6 is 0 Å². The SMILES string of the molecule is C[C@@H]1O[C@H](O[C@H]2[C@H](O[C@H]3CC[C@@]4(C)[C@H]5CC=C6[C@@H]7CC(C)(C)CC[C@@]7(C(=O)O)CC[C@@]6(C)[C@@]5(C)CC[C@H]4C3(C)C)OC[C@H](O)[C@@H]2O)[C@H](O)[C@H](O)[C@H]1O. The van der Waals surface area contributed by atoms with E-state index in [1.165, 1.54) is 5.57 Å². The fourth-order valence-corrected chi connectivity index (χ4v) is 13.3. The van der Waals surface area contributed by atoms with Crippen molar-refractivity contribution in [1.82, 2.24) is 0 Å². The molecular formula is C41H66O11. The Bertz CT molecular complexity index is 1410. The molecule has 2 saturated heterocycles. The van der Waals surface area contributed by atoms with Gasteiger partial charge >= 0.3 is 5.97 Å². The highest BCUT2D eigenvalue weighted by Crippen LogP contribution is 2.76. The van der Waals surface area contributed by atoms with Gasteiger partial charge in [-0.15, -0.1) is 0 Å². The molecule has 6 fully saturated rings. The smallest absolute Gasteiger partial charge is 0.310 e. The Morgan fingerprint density at radius 2 is 1.48 bits per heavy atom. The topological polar surface area (TPSA) is 175 Å². The van der Waals surface area contributed by atoms with Crippen molar-refractivity contribution >= 4 is 5.97 Å². The van der Waals surface area contributed by atoms with Gasteiger partial charge in [0, 0.05) is 0 Å². The lowest BCUT2D eigenvalue weighted by molar-refractivity contribution is -0.364. The van der Waals surface area contributed by atoms with Crippen molar-refractivity contribution in [3.63, 3.8) is 0 Å². The van der Waals surface area contributed by atoms with Gasteiger partial charge in [0.25, 0.3) is 0 Å². The number of fused-ring (bicyclic) bond motifs is 7. The molecule has 7 aliphatic rings. The maximum atomic E-state index is 13.0. The van der Waals surface area contributed by atoms with Gasteiger partial charge in [-0.05, 0) is 116 Å². The van der Waals surface area contributed by atoms with E-state index in [-0.39, 0.29) is 45.7 Å². The Hall–Kier alpha value is -1.15. The molecule has 0 spiro atoms. The fourth-order valence-electron chi connectivity index (χ4n) is 13.3. The van der Waals surface area contributed by atoms with Crippen LogP contribution in [-0.2, 0) is 23.7 Å². The van der Waals surface area contributed by atoms with E-state index in [0.717, 1.165) is 64.2 Å². The molecule has 0 aromatic heterocycles. The maximum Gasteiger partial charge on any atom is 0.310 e. The van der Waals surface area contributed by atoms with Crippen LogP contribution in [0.4, 0.5) is 0 Å². The van der Waals surface area contributed by atoms with Crippen molar-refractivity contribution in [2.75, 3.05) is 6.61 Å². The minimum Gasteiger partial charge on any atom is -0.481 e. The predicted octanol–water partition coefficient (Wildman–Crippen LogP) is 4.55. The summed E-state index contributed by atoms with van der Waals surface area (Å²) >= 11 is 0. The summed E-state index contributed by atoms with van der Waals surface area (Å²) in [6.45, 7) is 18.1. The average Bonchev–Trinajstić information content (AvgIpc) is 3.06. The van der Waals surface area contributed by atoms with E-state index in [9.17, 15) is 35.4 Å². The molecule has 0 radical (unpaired) electrons. The first-order chi connectivity index (χ1) is 24.1. The molecule has 0 amide bonds. The van der Waals surface area contributed by atoms with Crippen LogP contribution in [0.5, 0.6) is 0 Å². The Morgan fingerprint density at radius 1 is 0.788 bits per heavy atom. The number of ether oxygens (including phenoxy) is 4. The van der Waals surface area contributed by atoms with Gasteiger partial charge in [0.2, 0.25) is 0 Å². The quantitative estimate of drug-likeness (QED) is 0.173. The number of aliphatic carboxylic acids is 1.